The van der Waals surface area contributed by atoms with Crippen LogP contribution < -0.4 is 25.6 Å². The number of pyridine rings is 1. The van der Waals surface area contributed by atoms with Crippen LogP contribution in [0.2, 0.25) is 0 Å². The first-order valence-corrected chi connectivity index (χ1v) is 28.4. The van der Waals surface area contributed by atoms with E-state index >= 15 is 8.78 Å². The molecule has 1 saturated carbocycles. The van der Waals surface area contributed by atoms with Crippen LogP contribution in [0.5, 0.6) is 11.8 Å². The van der Waals surface area contributed by atoms with Gasteiger partial charge in [0.1, 0.15) is 46.5 Å². The molecule has 7 atom stereocenters. The third kappa shape index (κ3) is 11.4. The maximum absolute atomic E-state index is 17.3. The van der Waals surface area contributed by atoms with Crippen LogP contribution in [-0.4, -0.2) is 129 Å². The fourth-order valence-corrected chi connectivity index (χ4v) is 12.8. The largest absolute Gasteiger partial charge is 0.508 e. The van der Waals surface area contributed by atoms with Crippen molar-refractivity contribution in [3.8, 4) is 34.1 Å². The summed E-state index contributed by atoms with van der Waals surface area (Å²) in [6.45, 7) is 13.1. The number of aliphatic hydroxyl groups is 1. The first-order valence-electron chi connectivity index (χ1n) is 28.4. The molecule has 5 N–H and O–H groups in total. The zero-order chi connectivity index (χ0) is 56.2. The smallest absolute Gasteiger partial charge is 0.319 e. The van der Waals surface area contributed by atoms with Crippen molar-refractivity contribution >= 4 is 45.2 Å². The number of β-amino-alcohol motifs (C(OH)–C–C–N with tert-alkyl or cyclic N) is 1. The number of piperidine rings is 1. The minimum Gasteiger partial charge on any atom is -0.508 e. The van der Waals surface area contributed by atoms with Crippen LogP contribution in [0.3, 0.4) is 0 Å². The molecule has 3 amide bonds. The van der Waals surface area contributed by atoms with Crippen molar-refractivity contribution < 1.29 is 42.5 Å². The molecule has 1 aliphatic carbocycles. The molecule has 2 bridgehead atoms. The Kier molecular flexibility index (Phi) is 15.3. The predicted octanol–water partition coefficient (Wildman–Crippen LogP) is 8.77. The van der Waals surface area contributed by atoms with Crippen LogP contribution in [0.25, 0.3) is 44.1 Å². The first kappa shape index (κ1) is 55.0. The summed E-state index contributed by atoms with van der Waals surface area (Å²) in [4.78, 5) is 62.7. The topological polar surface area (TPSA) is 185 Å². The van der Waals surface area contributed by atoms with Gasteiger partial charge < -0.3 is 45.6 Å². The Morgan fingerprint density at radius 3 is 2.36 bits per heavy atom. The lowest BCUT2D eigenvalue weighted by molar-refractivity contribution is -0.144. The Morgan fingerprint density at radius 1 is 0.900 bits per heavy atom. The second kappa shape index (κ2) is 22.2. The maximum atomic E-state index is 17.3. The number of likely N-dealkylation sites (tertiary alicyclic amines) is 2. The fourth-order valence-electron chi connectivity index (χ4n) is 12.8. The number of fused-ring (bicyclic) bond motifs is 4. The summed E-state index contributed by atoms with van der Waals surface area (Å²) >= 11 is 0. The molecular weight excluding hydrogens is 1020 g/mol. The molecule has 5 aliphatic rings. The SMILES string of the molecule is CCc1c(F)ccc2cc(O)cc(-c3ncc4c(N5CC6CCC(C5)N6)nc(OCC5(CN6CCC[C@@H](CC(=O)N[C@H](C(=O)N7C[C@H](O)C[C@H]7C(=O)N[C@@H](C)c7ccc(-c8ccccc8F)cc7)C(C)(C)C)C6)CC5)nc4c3F)c12. The van der Waals surface area contributed by atoms with E-state index in [2.05, 4.69) is 30.7 Å². The number of carbonyl (C=O) groups is 3. The molecule has 18 heteroatoms. The van der Waals surface area contributed by atoms with Crippen LogP contribution in [0.1, 0.15) is 103 Å². The number of aryl methyl sites for hydroxylation is 1. The highest BCUT2D eigenvalue weighted by Crippen LogP contribution is 2.48. The Hall–Kier alpha value is -6.89. The minimum atomic E-state index is -0.966. The van der Waals surface area contributed by atoms with Crippen molar-refractivity contribution in [1.82, 2.24) is 40.7 Å². The quantitative estimate of drug-likeness (QED) is 0.0622. The third-order valence-corrected chi connectivity index (χ3v) is 17.3. The summed E-state index contributed by atoms with van der Waals surface area (Å²) in [5, 5.41) is 32.8. The highest BCUT2D eigenvalue weighted by molar-refractivity contribution is 6.02. The third-order valence-electron chi connectivity index (χ3n) is 17.3. The Morgan fingerprint density at radius 2 is 1.65 bits per heavy atom. The van der Waals surface area contributed by atoms with E-state index in [1.165, 1.54) is 29.2 Å². The average Bonchev–Trinajstić information content (AvgIpc) is 3.80. The van der Waals surface area contributed by atoms with E-state index in [1.54, 1.807) is 42.6 Å². The number of benzene rings is 4. The normalized spacial score (nSPS) is 22.6. The summed E-state index contributed by atoms with van der Waals surface area (Å²) in [7, 11) is 0. The van der Waals surface area contributed by atoms with E-state index < -0.39 is 53.1 Å². The lowest BCUT2D eigenvalue weighted by Gasteiger charge is -2.37. The first-order chi connectivity index (χ1) is 38.3. The van der Waals surface area contributed by atoms with Crippen molar-refractivity contribution in [2.75, 3.05) is 50.8 Å². The highest BCUT2D eigenvalue weighted by atomic mass is 19.1. The molecule has 2 aromatic heterocycles. The number of rotatable bonds is 16. The van der Waals surface area contributed by atoms with Crippen molar-refractivity contribution in [2.45, 2.75) is 129 Å². The highest BCUT2D eigenvalue weighted by Gasteiger charge is 2.47. The van der Waals surface area contributed by atoms with Gasteiger partial charge in [-0.1, -0.05) is 76.2 Å². The number of hydrogen-bond acceptors (Lipinski definition) is 12. The van der Waals surface area contributed by atoms with Gasteiger partial charge in [-0.15, -0.1) is 0 Å². The molecule has 6 aromatic rings. The summed E-state index contributed by atoms with van der Waals surface area (Å²) < 4.78 is 53.6. The van der Waals surface area contributed by atoms with E-state index in [0.29, 0.717) is 71.3 Å². The van der Waals surface area contributed by atoms with Crippen molar-refractivity contribution in [3.05, 3.63) is 108 Å². The van der Waals surface area contributed by atoms with Gasteiger partial charge in [0.05, 0.1) is 24.1 Å². The van der Waals surface area contributed by atoms with Crippen molar-refractivity contribution in [3.63, 3.8) is 0 Å². The number of anilines is 1. The number of piperazine rings is 1. The molecule has 11 rings (SSSR count). The van der Waals surface area contributed by atoms with Crippen molar-refractivity contribution in [1.29, 1.82) is 0 Å². The van der Waals surface area contributed by atoms with Crippen molar-refractivity contribution in [2.24, 2.45) is 16.7 Å². The number of aromatic hydroxyl groups is 1. The number of aliphatic hydroxyl groups excluding tert-OH is 1. The zero-order valence-electron chi connectivity index (χ0n) is 46.2. The number of amides is 3. The van der Waals surface area contributed by atoms with Gasteiger partial charge in [-0.2, -0.15) is 9.97 Å². The summed E-state index contributed by atoms with van der Waals surface area (Å²) in [6.07, 6.45) is 6.84. The Bertz CT molecular complexity index is 3320. The van der Waals surface area contributed by atoms with Crippen LogP contribution in [0.4, 0.5) is 19.0 Å². The van der Waals surface area contributed by atoms with E-state index in [0.717, 1.165) is 57.2 Å². The van der Waals surface area contributed by atoms with Crippen LogP contribution in [0, 0.1) is 34.2 Å². The number of nitrogens with one attached hydrogen (secondary N) is 3. The van der Waals surface area contributed by atoms with E-state index in [1.807, 2.05) is 46.8 Å². The molecule has 15 nitrogen and oxygen atoms in total. The zero-order valence-corrected chi connectivity index (χ0v) is 46.2. The number of halogens is 3. The summed E-state index contributed by atoms with van der Waals surface area (Å²) in [5.74, 6) is -2.11. The van der Waals surface area contributed by atoms with Gasteiger partial charge in [-0.3, -0.25) is 19.4 Å². The maximum Gasteiger partial charge on any atom is 0.319 e. The molecule has 0 radical (unpaired) electrons. The van der Waals surface area contributed by atoms with Gasteiger partial charge in [0.25, 0.3) is 0 Å². The van der Waals surface area contributed by atoms with Gasteiger partial charge in [-0.05, 0) is 121 Å². The van der Waals surface area contributed by atoms with Crippen LogP contribution >= 0.6 is 0 Å². The lowest BCUT2D eigenvalue weighted by atomic mass is 9.85. The standard InChI is InChI=1S/C62H72F3N9O6/c1-6-44-49(64)20-17-39-25-42(75)26-46(52(39)44)54-53(65)55-47(28-66-54)57(73-30-40-18-19-41(31-73)68-40)71-60(70-55)80-34-62(21-22-62)33-72-23-9-10-36(29-72)24-51(77)69-56(61(3,4)5)59(79)74-32-43(76)27-50(74)58(78)67-35(2)37-13-15-38(16-14-37)45-11-7-8-12-48(45)63/h7-8,11-17,20,25-26,28,35-36,40-41,43,50,56,68,75-76H,6,9-10,18-19,21-24,27,29-34H2,1-5H3,(H,67,78)(H,69,77)/t35-,36-,40?,41?,43+,50-,56+/m0/s1. The van der Waals surface area contributed by atoms with E-state index in [9.17, 15) is 29.0 Å². The monoisotopic (exact) mass is 1100 g/mol. The minimum absolute atomic E-state index is 0.0191. The number of carbonyl (C=O) groups excluding carboxylic acids is 3. The molecule has 4 aromatic carbocycles. The molecule has 4 aliphatic heterocycles. The van der Waals surface area contributed by atoms with Gasteiger partial charge >= 0.3 is 6.01 Å². The Balaban J connectivity index is 0.747. The molecular formula is C62H72F3N9O6. The Labute approximate surface area is 464 Å². The number of phenolic OH excluding ortho intramolecular Hbond substituents is 1. The van der Waals surface area contributed by atoms with Gasteiger partial charge in [0.15, 0.2) is 5.82 Å². The molecule has 4 saturated heterocycles. The summed E-state index contributed by atoms with van der Waals surface area (Å²) in [5.41, 5.74) is 1.67. The number of nitrogens with zero attached hydrogens (tertiary/aromatic N) is 6. The fraction of sp³-hybridized carbons (Fsp3) is 0.484. The lowest BCUT2D eigenvalue weighted by Crippen LogP contribution is -2.58. The number of aromatic nitrogens is 3. The second-order valence-corrected chi connectivity index (χ2v) is 24.4. The van der Waals surface area contributed by atoms with E-state index in [4.69, 9.17) is 14.7 Å². The number of hydrogen-bond donors (Lipinski definition) is 5. The number of phenols is 1. The van der Waals surface area contributed by atoms with Crippen LogP contribution in [0.15, 0.2) is 79.0 Å². The van der Waals surface area contributed by atoms with E-state index in [-0.39, 0.29) is 83.1 Å². The van der Waals surface area contributed by atoms with Gasteiger partial charge in [-0.25, -0.2) is 13.2 Å². The van der Waals surface area contributed by atoms with Crippen LogP contribution in [-0.2, 0) is 20.8 Å². The summed E-state index contributed by atoms with van der Waals surface area (Å²) in [6, 6.07) is 17.9. The second-order valence-electron chi connectivity index (χ2n) is 24.4. The number of ether oxygens (including phenoxy) is 1. The van der Waals surface area contributed by atoms with Gasteiger partial charge in [0, 0.05) is 80.4 Å². The molecule has 5 fully saturated rings. The predicted molar refractivity (Wildman–Crippen MR) is 300 cm³/mol. The average molecular weight is 1100 g/mol. The molecule has 80 heavy (non-hydrogen) atoms. The molecule has 6 heterocycles. The molecule has 422 valence electrons. The molecule has 2 unspecified atom stereocenters. The molecule has 0 spiro atoms. The van der Waals surface area contributed by atoms with Gasteiger partial charge in [0.2, 0.25) is 17.7 Å².